The average molecular weight is 752 g/mol. The van der Waals surface area contributed by atoms with E-state index >= 15 is 0 Å². The number of anilines is 1. The zero-order valence-corrected chi connectivity index (χ0v) is 38.2. The van der Waals surface area contributed by atoms with Gasteiger partial charge in [0.05, 0.1) is 18.5 Å². The Labute approximate surface area is 340 Å². The maximum atomic E-state index is 12.5. The van der Waals surface area contributed by atoms with Gasteiger partial charge in [-0.05, 0) is 128 Å². The summed E-state index contributed by atoms with van der Waals surface area (Å²) in [6.07, 6.45) is 11.8. The van der Waals surface area contributed by atoms with Crippen molar-refractivity contribution in [3.05, 3.63) is 93.7 Å². The van der Waals surface area contributed by atoms with Crippen LogP contribution >= 0.6 is 0 Å². The van der Waals surface area contributed by atoms with Crippen molar-refractivity contribution in [2.24, 2.45) is 17.3 Å². The van der Waals surface area contributed by atoms with Gasteiger partial charge in [0.25, 0.3) is 0 Å². The standard InChI is InChI=1S/C24H35N3.C22H32O.C3H8.C2H6/c1-18(2)9-12-24(5)13-16-26(17-24)23-8-6-7-21-20(4)27(15-11-22(21)23)19(3)10-14-25;1-8-15(5)22(23)17(7)16(6)21(11-4)20-13-12-18(9-2)19(10-3)14-20;1-3-2;1-2/h6-8,18,20H,3,9-13,15-17H2,1-2,4-5H3;11-15H,8-10H2,1-7H3;3H2,1-2H3;1-2H3/b;17-16-,21-11+;;. The van der Waals surface area contributed by atoms with E-state index in [-0.39, 0.29) is 11.7 Å². The lowest BCUT2D eigenvalue weighted by Gasteiger charge is -2.39. The number of benzene rings is 2. The van der Waals surface area contributed by atoms with Gasteiger partial charge in [0.15, 0.2) is 5.78 Å². The zero-order valence-electron chi connectivity index (χ0n) is 38.2. The molecular weight excluding hydrogens is 671 g/mol. The Balaban J connectivity index is 0.000000498. The highest BCUT2D eigenvalue weighted by atomic mass is 16.1. The lowest BCUT2D eigenvalue weighted by atomic mass is 9.82. The monoisotopic (exact) mass is 752 g/mol. The smallest absolute Gasteiger partial charge is 0.161 e. The van der Waals surface area contributed by atoms with E-state index in [1.165, 1.54) is 77.9 Å². The third-order valence-electron chi connectivity index (χ3n) is 11.6. The summed E-state index contributed by atoms with van der Waals surface area (Å²) in [7, 11) is 0. The maximum Gasteiger partial charge on any atom is 0.161 e. The summed E-state index contributed by atoms with van der Waals surface area (Å²) >= 11 is 0. The first-order valence-corrected chi connectivity index (χ1v) is 21.9. The van der Waals surface area contributed by atoms with Gasteiger partial charge in [-0.1, -0.05) is 132 Å². The highest BCUT2D eigenvalue weighted by Crippen LogP contribution is 2.42. The predicted molar refractivity (Wildman–Crippen MR) is 243 cm³/mol. The number of nitriles is 1. The molecule has 0 saturated carbocycles. The van der Waals surface area contributed by atoms with Crippen LogP contribution in [0.25, 0.3) is 5.57 Å². The van der Waals surface area contributed by atoms with Gasteiger partial charge in [0.1, 0.15) is 0 Å². The van der Waals surface area contributed by atoms with Gasteiger partial charge in [0.2, 0.25) is 0 Å². The molecule has 0 aliphatic carbocycles. The molecule has 55 heavy (non-hydrogen) atoms. The third kappa shape index (κ3) is 13.8. The summed E-state index contributed by atoms with van der Waals surface area (Å²) in [5.74, 6) is 1.15. The van der Waals surface area contributed by atoms with Crippen LogP contribution in [0.3, 0.4) is 0 Å². The van der Waals surface area contributed by atoms with Gasteiger partial charge in [-0.25, -0.2) is 0 Å². The van der Waals surface area contributed by atoms with Crippen LogP contribution in [0.15, 0.2) is 65.9 Å². The number of ketones is 1. The molecular formula is C51H81N3O. The van der Waals surface area contributed by atoms with E-state index in [2.05, 4.69) is 141 Å². The molecule has 0 N–H and O–H groups in total. The number of aryl methyl sites for hydroxylation is 2. The van der Waals surface area contributed by atoms with Crippen LogP contribution < -0.4 is 4.90 Å². The van der Waals surface area contributed by atoms with Gasteiger partial charge in [0, 0.05) is 36.9 Å². The Morgan fingerprint density at radius 3 is 2.18 bits per heavy atom. The lowest BCUT2D eigenvalue weighted by Crippen LogP contribution is -2.34. The quantitative estimate of drug-likeness (QED) is 0.151. The Morgan fingerprint density at radius 1 is 1.00 bits per heavy atom. The fourth-order valence-corrected chi connectivity index (χ4v) is 7.85. The van der Waals surface area contributed by atoms with E-state index in [9.17, 15) is 4.79 Å². The summed E-state index contributed by atoms with van der Waals surface area (Å²) in [6, 6.07) is 16.1. The molecule has 2 aliphatic heterocycles. The third-order valence-corrected chi connectivity index (χ3v) is 11.6. The van der Waals surface area contributed by atoms with Gasteiger partial charge in [-0.15, -0.1) is 0 Å². The summed E-state index contributed by atoms with van der Waals surface area (Å²) in [5.41, 5.74) is 13.0. The molecule has 4 nitrogen and oxygen atoms in total. The molecule has 4 heteroatoms. The van der Waals surface area contributed by atoms with Crippen LogP contribution in [0.5, 0.6) is 0 Å². The Kier molecular flexibility index (Phi) is 22.3. The summed E-state index contributed by atoms with van der Waals surface area (Å²) in [6.45, 7) is 39.7. The van der Waals surface area contributed by atoms with E-state index in [1.807, 2.05) is 27.7 Å². The molecule has 2 aromatic rings. The number of hydrogen-bond donors (Lipinski definition) is 0. The molecule has 2 aliphatic rings. The Hall–Kier alpha value is -3.58. The second kappa shape index (κ2) is 24.8. The Bertz CT molecular complexity index is 1600. The largest absolute Gasteiger partial charge is 0.371 e. The topological polar surface area (TPSA) is 47.3 Å². The fourth-order valence-electron chi connectivity index (χ4n) is 7.85. The van der Waals surface area contributed by atoms with Crippen LogP contribution in [0.1, 0.15) is 176 Å². The number of allylic oxidation sites excluding steroid dienone is 5. The fraction of sp³-hybridized carbons (Fsp3) is 0.608. The molecule has 2 heterocycles. The van der Waals surface area contributed by atoms with E-state index in [0.717, 1.165) is 55.0 Å². The molecule has 4 rings (SSSR count). The molecule has 306 valence electrons. The summed E-state index contributed by atoms with van der Waals surface area (Å²) in [5, 5.41) is 9.02. The molecule has 0 aromatic heterocycles. The number of nitrogens with zero attached hydrogens (tertiary/aromatic N) is 3. The van der Waals surface area contributed by atoms with Crippen molar-refractivity contribution in [2.75, 3.05) is 24.5 Å². The molecule has 2 aromatic carbocycles. The van der Waals surface area contributed by atoms with E-state index in [4.69, 9.17) is 5.26 Å². The van der Waals surface area contributed by atoms with Crippen LogP contribution in [-0.4, -0.2) is 30.3 Å². The summed E-state index contributed by atoms with van der Waals surface area (Å²) in [4.78, 5) is 17.4. The van der Waals surface area contributed by atoms with Crippen molar-refractivity contribution < 1.29 is 4.79 Å². The SMILES string of the molecule is C/C=C(\C(C)=C(\C)C(=O)C(C)CC)c1ccc(CC)c(CC)c1.C=C(CC#N)N1CCc2c(cccc2N2CCC(C)(CCC(C)C)C2)C1C.CC.CCC. The van der Waals surface area contributed by atoms with Crippen molar-refractivity contribution >= 4 is 17.0 Å². The Morgan fingerprint density at radius 2 is 1.64 bits per heavy atom. The number of carbonyl (C=O) groups is 1. The van der Waals surface area contributed by atoms with Crippen LogP contribution in [0.2, 0.25) is 0 Å². The predicted octanol–water partition coefficient (Wildman–Crippen LogP) is 14.3. The van der Waals surface area contributed by atoms with Crippen molar-refractivity contribution in [3.63, 3.8) is 0 Å². The van der Waals surface area contributed by atoms with Crippen molar-refractivity contribution in [3.8, 4) is 6.07 Å². The second-order valence-corrected chi connectivity index (χ2v) is 16.3. The van der Waals surface area contributed by atoms with Crippen LogP contribution in [-0.2, 0) is 24.1 Å². The number of hydrogen-bond acceptors (Lipinski definition) is 4. The van der Waals surface area contributed by atoms with Gasteiger partial charge in [-0.3, -0.25) is 4.79 Å². The minimum atomic E-state index is 0.0942. The highest BCUT2D eigenvalue weighted by Gasteiger charge is 2.36. The van der Waals surface area contributed by atoms with Crippen molar-refractivity contribution in [2.45, 2.75) is 168 Å². The molecule has 0 spiro atoms. The molecule has 3 unspecified atom stereocenters. The minimum Gasteiger partial charge on any atom is -0.371 e. The van der Waals surface area contributed by atoms with Gasteiger partial charge >= 0.3 is 0 Å². The van der Waals surface area contributed by atoms with E-state index < -0.39 is 0 Å². The van der Waals surface area contributed by atoms with Crippen LogP contribution in [0.4, 0.5) is 5.69 Å². The summed E-state index contributed by atoms with van der Waals surface area (Å²) < 4.78 is 0. The van der Waals surface area contributed by atoms with Crippen molar-refractivity contribution in [1.82, 2.24) is 4.90 Å². The molecule has 0 radical (unpaired) electrons. The number of rotatable bonds is 13. The van der Waals surface area contributed by atoms with E-state index in [0.29, 0.717) is 17.9 Å². The van der Waals surface area contributed by atoms with E-state index in [1.54, 1.807) is 0 Å². The van der Waals surface area contributed by atoms with Gasteiger partial charge in [-0.2, -0.15) is 5.26 Å². The first-order valence-electron chi connectivity index (χ1n) is 21.9. The molecule has 1 saturated heterocycles. The highest BCUT2D eigenvalue weighted by molar-refractivity contribution is 6.00. The normalized spacial score (nSPS) is 18.7. The first-order chi connectivity index (χ1) is 26.2. The molecule has 1 fully saturated rings. The lowest BCUT2D eigenvalue weighted by molar-refractivity contribution is -0.118. The number of fused-ring (bicyclic) bond motifs is 1. The molecule has 0 bridgehead atoms. The second-order valence-electron chi connectivity index (χ2n) is 16.3. The number of Topliss-reactive ketones (excluding diaryl/α,β-unsaturated/α-hetero) is 1. The number of carbonyl (C=O) groups excluding carboxylic acids is 1. The molecule has 0 amide bonds. The zero-order chi connectivity index (χ0) is 41.9. The molecule has 3 atom stereocenters. The first kappa shape index (κ1) is 49.4. The maximum absolute atomic E-state index is 12.5. The minimum absolute atomic E-state index is 0.0942. The van der Waals surface area contributed by atoms with Crippen LogP contribution in [0, 0.1) is 28.6 Å². The van der Waals surface area contributed by atoms with Crippen molar-refractivity contribution in [1.29, 1.82) is 5.26 Å². The average Bonchev–Trinajstić information content (AvgIpc) is 3.59. The van der Waals surface area contributed by atoms with Gasteiger partial charge < -0.3 is 9.80 Å².